The molecule has 2 aliphatic rings. The van der Waals surface area contributed by atoms with Crippen LogP contribution in [0.15, 0.2) is 16.9 Å². The third-order valence-corrected chi connectivity index (χ3v) is 12.8. The molecule has 0 bridgehead atoms. The zero-order valence-electron chi connectivity index (χ0n) is 21.7. The van der Waals surface area contributed by atoms with E-state index in [-0.39, 0.29) is 16.7 Å². The minimum atomic E-state index is -3.66. The number of anilines is 1. The van der Waals surface area contributed by atoms with E-state index in [0.717, 1.165) is 24.9 Å². The average molecular weight is 508 g/mol. The average Bonchev–Trinajstić information content (AvgIpc) is 3.10. The minimum absolute atomic E-state index is 0.147. The van der Waals surface area contributed by atoms with Gasteiger partial charge in [-0.3, -0.25) is 13.5 Å². The highest BCUT2D eigenvalue weighted by atomic mass is 32.2. The Kier molecular flexibility index (Phi) is 6.07. The van der Waals surface area contributed by atoms with Gasteiger partial charge in [0.1, 0.15) is 6.10 Å². The van der Waals surface area contributed by atoms with Crippen LogP contribution >= 0.6 is 0 Å². The van der Waals surface area contributed by atoms with Crippen LogP contribution in [0.2, 0.25) is 18.1 Å². The summed E-state index contributed by atoms with van der Waals surface area (Å²) in [6.45, 7) is 16.5. The molecule has 2 aromatic rings. The Morgan fingerprint density at radius 2 is 1.76 bits per heavy atom. The van der Waals surface area contributed by atoms with Crippen LogP contribution in [0, 0.1) is 18.8 Å². The van der Waals surface area contributed by atoms with Crippen LogP contribution in [0.1, 0.15) is 44.9 Å². The molecule has 188 valence electrons. The summed E-state index contributed by atoms with van der Waals surface area (Å²) in [5.74, 6) is 1.51. The lowest BCUT2D eigenvalue weighted by atomic mass is 10.0. The summed E-state index contributed by atoms with van der Waals surface area (Å²) in [4.78, 5) is 20.3. The Morgan fingerprint density at radius 3 is 2.29 bits per heavy atom. The van der Waals surface area contributed by atoms with Crippen LogP contribution in [0.3, 0.4) is 0 Å². The number of hydrogen-bond acceptors (Lipinski definition) is 7. The van der Waals surface area contributed by atoms with Crippen molar-refractivity contribution in [3.63, 3.8) is 0 Å². The fourth-order valence-electron chi connectivity index (χ4n) is 4.77. The summed E-state index contributed by atoms with van der Waals surface area (Å²) in [7, 11) is -3.74. The molecule has 3 unspecified atom stereocenters. The highest BCUT2D eigenvalue weighted by Crippen LogP contribution is 2.52. The second-order valence-corrected chi connectivity index (χ2v) is 17.9. The molecule has 2 heterocycles. The SMILES string of the molecule is Cc1cc(C(C)OS(C)(=O)=O)c2nc(N3CC4C(C3)C4O[Si](C)(C)C(C)(C)C)n(C)c(=O)c2c1. The third-order valence-electron chi connectivity index (χ3n) is 7.72. The molecule has 1 aromatic heterocycles. The minimum Gasteiger partial charge on any atom is -0.413 e. The molecular weight excluding hydrogens is 470 g/mol. The largest absolute Gasteiger partial charge is 0.413 e. The molecule has 10 heteroatoms. The molecule has 1 aliphatic carbocycles. The predicted molar refractivity (Wildman–Crippen MR) is 137 cm³/mol. The first-order valence-corrected chi connectivity index (χ1v) is 16.5. The Balaban J connectivity index is 1.64. The van der Waals surface area contributed by atoms with Gasteiger partial charge in [-0.2, -0.15) is 8.42 Å². The number of hydrogen-bond donors (Lipinski definition) is 0. The van der Waals surface area contributed by atoms with Gasteiger partial charge >= 0.3 is 0 Å². The van der Waals surface area contributed by atoms with Crippen molar-refractivity contribution in [1.82, 2.24) is 9.55 Å². The van der Waals surface area contributed by atoms with Crippen molar-refractivity contribution in [2.75, 3.05) is 24.2 Å². The number of aromatic nitrogens is 2. The lowest BCUT2D eigenvalue weighted by Crippen LogP contribution is -2.43. The molecular formula is C24H37N3O5SSi. The van der Waals surface area contributed by atoms with Gasteiger partial charge in [0.25, 0.3) is 15.7 Å². The lowest BCUT2D eigenvalue weighted by Gasteiger charge is -2.37. The van der Waals surface area contributed by atoms with Crippen molar-refractivity contribution in [1.29, 1.82) is 0 Å². The maximum Gasteiger partial charge on any atom is 0.264 e. The number of piperidine rings is 1. The first-order valence-electron chi connectivity index (χ1n) is 11.8. The van der Waals surface area contributed by atoms with E-state index in [9.17, 15) is 13.2 Å². The van der Waals surface area contributed by atoms with Gasteiger partial charge in [0.05, 0.1) is 23.3 Å². The zero-order valence-corrected chi connectivity index (χ0v) is 23.5. The first-order chi connectivity index (χ1) is 15.5. The van der Waals surface area contributed by atoms with E-state index >= 15 is 0 Å². The maximum atomic E-state index is 13.3. The van der Waals surface area contributed by atoms with Crippen LogP contribution < -0.4 is 10.5 Å². The van der Waals surface area contributed by atoms with Gasteiger partial charge in [0.15, 0.2) is 8.32 Å². The van der Waals surface area contributed by atoms with Crippen molar-refractivity contribution in [3.05, 3.63) is 33.6 Å². The van der Waals surface area contributed by atoms with Crippen molar-refractivity contribution in [3.8, 4) is 0 Å². The van der Waals surface area contributed by atoms with Crippen LogP contribution in [0.4, 0.5) is 5.95 Å². The predicted octanol–water partition coefficient (Wildman–Crippen LogP) is 3.74. The molecule has 1 aliphatic heterocycles. The molecule has 3 atom stereocenters. The molecule has 0 amide bonds. The molecule has 4 rings (SSSR count). The van der Waals surface area contributed by atoms with Crippen LogP contribution in [-0.4, -0.2) is 51.7 Å². The fraction of sp³-hybridized carbons (Fsp3) is 0.667. The number of nitrogens with zero attached hydrogens (tertiary/aromatic N) is 3. The van der Waals surface area contributed by atoms with Gasteiger partial charge in [-0.05, 0) is 43.6 Å². The highest BCUT2D eigenvalue weighted by molar-refractivity contribution is 7.86. The van der Waals surface area contributed by atoms with Gasteiger partial charge in [0, 0.05) is 37.5 Å². The second kappa shape index (κ2) is 8.14. The smallest absolute Gasteiger partial charge is 0.264 e. The number of aryl methyl sites for hydroxylation is 1. The number of benzene rings is 1. The highest BCUT2D eigenvalue weighted by Gasteiger charge is 2.59. The molecule has 1 saturated carbocycles. The van der Waals surface area contributed by atoms with Gasteiger partial charge in [-0.1, -0.05) is 26.8 Å². The standard InChI is InChI=1S/C24H37N3O5SSi/c1-14-10-16(15(2)31-33(7,29)30)20-17(11-14)22(28)26(6)23(25-20)27-12-18-19(13-27)21(18)32-34(8,9)24(3,4)5/h10-11,15,18-19,21H,12-13H2,1-9H3. The van der Waals surface area contributed by atoms with Crippen molar-refractivity contribution in [2.24, 2.45) is 18.9 Å². The summed E-state index contributed by atoms with van der Waals surface area (Å²) in [5, 5.41) is 0.640. The van der Waals surface area contributed by atoms with E-state index < -0.39 is 24.5 Å². The maximum absolute atomic E-state index is 13.3. The van der Waals surface area contributed by atoms with Gasteiger partial charge in [-0.25, -0.2) is 4.98 Å². The van der Waals surface area contributed by atoms with E-state index in [4.69, 9.17) is 13.6 Å². The summed E-state index contributed by atoms with van der Waals surface area (Å²) >= 11 is 0. The van der Waals surface area contributed by atoms with Crippen molar-refractivity contribution in [2.45, 2.75) is 65.0 Å². The second-order valence-electron chi connectivity index (χ2n) is 11.5. The van der Waals surface area contributed by atoms with E-state index in [0.29, 0.717) is 34.3 Å². The summed E-state index contributed by atoms with van der Waals surface area (Å²) in [6.07, 6.45) is 0.563. The molecule has 34 heavy (non-hydrogen) atoms. The molecule has 1 aromatic carbocycles. The van der Waals surface area contributed by atoms with E-state index in [1.165, 1.54) is 0 Å². The van der Waals surface area contributed by atoms with Gasteiger partial charge < -0.3 is 9.33 Å². The molecule has 2 fully saturated rings. The van der Waals surface area contributed by atoms with E-state index in [2.05, 4.69) is 38.8 Å². The topological polar surface area (TPSA) is 90.7 Å². The summed E-state index contributed by atoms with van der Waals surface area (Å²) < 4.78 is 37.0. The quantitative estimate of drug-likeness (QED) is 0.435. The normalized spacial score (nSPS) is 23.9. The monoisotopic (exact) mass is 507 g/mol. The van der Waals surface area contributed by atoms with Crippen LogP contribution in [0.5, 0.6) is 0 Å². The molecule has 0 radical (unpaired) electrons. The third kappa shape index (κ3) is 4.57. The van der Waals surface area contributed by atoms with E-state index in [1.807, 2.05) is 13.0 Å². The summed E-state index contributed by atoms with van der Waals surface area (Å²) in [6, 6.07) is 3.65. The zero-order chi connectivity index (χ0) is 25.4. The fourth-order valence-corrected chi connectivity index (χ4v) is 6.79. The van der Waals surface area contributed by atoms with Crippen molar-refractivity contribution >= 4 is 35.3 Å². The van der Waals surface area contributed by atoms with E-state index in [1.54, 1.807) is 24.6 Å². The Morgan fingerprint density at radius 1 is 1.18 bits per heavy atom. The molecule has 1 saturated heterocycles. The Bertz CT molecular complexity index is 1290. The van der Waals surface area contributed by atoms with Gasteiger partial charge in [0.2, 0.25) is 5.95 Å². The Hall–Kier alpha value is -1.75. The molecule has 0 N–H and O–H groups in total. The lowest BCUT2D eigenvalue weighted by molar-refractivity contribution is 0.238. The van der Waals surface area contributed by atoms with Crippen LogP contribution in [-0.2, 0) is 25.8 Å². The van der Waals surface area contributed by atoms with Gasteiger partial charge in [-0.15, -0.1) is 0 Å². The first kappa shape index (κ1) is 25.3. The number of fused-ring (bicyclic) bond motifs is 2. The van der Waals surface area contributed by atoms with Crippen LogP contribution in [0.25, 0.3) is 10.9 Å². The van der Waals surface area contributed by atoms with Crippen molar-refractivity contribution < 1.29 is 17.0 Å². The number of rotatable bonds is 6. The Labute approximate surface area is 203 Å². The molecule has 0 spiro atoms. The summed E-state index contributed by atoms with van der Waals surface area (Å²) in [5.41, 5.74) is 1.80. The molecule has 8 nitrogen and oxygen atoms in total.